The highest BCUT2D eigenvalue weighted by molar-refractivity contribution is 9.10. The number of para-hydroxylation sites is 1. The van der Waals surface area contributed by atoms with Gasteiger partial charge in [-0.2, -0.15) is 0 Å². The van der Waals surface area contributed by atoms with Crippen molar-refractivity contribution < 1.29 is 4.74 Å². The molecule has 1 aromatic heterocycles. The van der Waals surface area contributed by atoms with Crippen molar-refractivity contribution in [2.24, 2.45) is 0 Å². The number of H-pyrrole nitrogens is 1. The summed E-state index contributed by atoms with van der Waals surface area (Å²) in [7, 11) is 0. The molecular weight excluding hydrogens is 348 g/mol. The van der Waals surface area contributed by atoms with Gasteiger partial charge in [0.2, 0.25) is 0 Å². The lowest BCUT2D eigenvalue weighted by Crippen LogP contribution is -2.07. The molecule has 0 amide bonds. The lowest BCUT2D eigenvalue weighted by molar-refractivity contribution is 0.294. The van der Waals surface area contributed by atoms with Crippen molar-refractivity contribution >= 4 is 28.1 Å². The summed E-state index contributed by atoms with van der Waals surface area (Å²) in [6.45, 7) is 0.403. The van der Waals surface area contributed by atoms with Crippen LogP contribution in [0.15, 0.2) is 34.8 Å². The molecule has 0 saturated heterocycles. The highest BCUT2D eigenvalue weighted by Crippen LogP contribution is 2.36. The van der Waals surface area contributed by atoms with E-state index in [1.165, 1.54) is 31.4 Å². The fraction of sp³-hybridized carbons (Fsp3) is 0.375. The number of ether oxygens (including phenoxy) is 1. The van der Waals surface area contributed by atoms with Crippen LogP contribution in [0.1, 0.15) is 43.1 Å². The van der Waals surface area contributed by atoms with Crippen LogP contribution in [0.3, 0.4) is 0 Å². The van der Waals surface area contributed by atoms with Crippen molar-refractivity contribution in [1.29, 1.82) is 0 Å². The van der Waals surface area contributed by atoms with Gasteiger partial charge in [-0.05, 0) is 40.9 Å². The van der Waals surface area contributed by atoms with E-state index in [4.69, 9.17) is 17.0 Å². The monoisotopic (exact) mass is 364 g/mol. The Kier molecular flexibility index (Phi) is 4.70. The zero-order valence-corrected chi connectivity index (χ0v) is 14.0. The third-order valence-electron chi connectivity index (χ3n) is 3.82. The summed E-state index contributed by atoms with van der Waals surface area (Å²) in [5.41, 5.74) is 1.18. The number of hydrogen-bond acceptors (Lipinski definition) is 3. The maximum Gasteiger partial charge on any atom is 0.146 e. The first-order chi connectivity index (χ1) is 10.2. The van der Waals surface area contributed by atoms with Crippen LogP contribution in [-0.2, 0) is 6.61 Å². The molecule has 1 saturated carbocycles. The third-order valence-corrected chi connectivity index (χ3v) is 5.18. The van der Waals surface area contributed by atoms with Gasteiger partial charge in [0.15, 0.2) is 0 Å². The number of rotatable bonds is 4. The number of benzene rings is 1. The van der Waals surface area contributed by atoms with Crippen LogP contribution in [0.4, 0.5) is 0 Å². The average Bonchev–Trinajstić information content (AvgIpc) is 3.03. The molecule has 1 heterocycles. The van der Waals surface area contributed by atoms with Gasteiger partial charge in [0.05, 0.1) is 4.47 Å². The number of nitrogens with one attached hydrogen (secondary N) is 1. The van der Waals surface area contributed by atoms with Gasteiger partial charge in [-0.3, -0.25) is 0 Å². The minimum atomic E-state index is 0.403. The Morgan fingerprint density at radius 2 is 1.95 bits per heavy atom. The zero-order chi connectivity index (χ0) is 14.7. The summed E-state index contributed by atoms with van der Waals surface area (Å²) in [5.74, 6) is 2.18. The highest BCUT2D eigenvalue weighted by Gasteiger charge is 2.21. The molecule has 21 heavy (non-hydrogen) atoms. The van der Waals surface area contributed by atoms with E-state index in [0.717, 1.165) is 16.0 Å². The number of aromatic amines is 1. The number of nitrogens with zero attached hydrogens (tertiary/aromatic N) is 1. The first-order valence-corrected chi connectivity index (χ1v) is 8.40. The lowest BCUT2D eigenvalue weighted by atomic mass is 10.0. The van der Waals surface area contributed by atoms with Crippen LogP contribution in [0, 0.1) is 4.64 Å². The third kappa shape index (κ3) is 3.52. The van der Waals surface area contributed by atoms with E-state index in [9.17, 15) is 0 Å². The van der Waals surface area contributed by atoms with E-state index in [1.807, 2.05) is 30.3 Å². The van der Waals surface area contributed by atoms with Gasteiger partial charge in [0, 0.05) is 11.6 Å². The van der Waals surface area contributed by atoms with E-state index in [-0.39, 0.29) is 0 Å². The Hall–Kier alpha value is -1.20. The van der Waals surface area contributed by atoms with Crippen LogP contribution < -0.4 is 4.74 Å². The van der Waals surface area contributed by atoms with Crippen molar-refractivity contribution in [1.82, 2.24) is 9.97 Å². The average molecular weight is 365 g/mol. The molecule has 1 aliphatic carbocycles. The van der Waals surface area contributed by atoms with Crippen molar-refractivity contribution in [2.75, 3.05) is 0 Å². The molecule has 110 valence electrons. The predicted molar refractivity (Wildman–Crippen MR) is 89.1 cm³/mol. The Labute approximate surface area is 137 Å². The van der Waals surface area contributed by atoms with Crippen LogP contribution in [0.25, 0.3) is 0 Å². The van der Waals surface area contributed by atoms with E-state index in [2.05, 4.69) is 25.9 Å². The normalized spacial score (nSPS) is 15.3. The molecule has 0 bridgehead atoms. The quantitative estimate of drug-likeness (QED) is 0.763. The second kappa shape index (κ2) is 6.71. The molecule has 1 fully saturated rings. The van der Waals surface area contributed by atoms with Gasteiger partial charge in [0.1, 0.15) is 22.8 Å². The van der Waals surface area contributed by atoms with Crippen LogP contribution >= 0.6 is 28.1 Å². The predicted octanol–water partition coefficient (Wildman–Crippen LogP) is 5.14. The molecule has 1 aliphatic rings. The second-order valence-electron chi connectivity index (χ2n) is 5.30. The van der Waals surface area contributed by atoms with Gasteiger partial charge in [-0.15, -0.1) is 0 Å². The molecule has 1 N–H and O–H groups in total. The maximum atomic E-state index is 5.75. The smallest absolute Gasteiger partial charge is 0.146 e. The molecule has 1 aromatic carbocycles. The van der Waals surface area contributed by atoms with Gasteiger partial charge in [-0.25, -0.2) is 4.98 Å². The summed E-state index contributed by atoms with van der Waals surface area (Å²) in [5, 5.41) is 0. The lowest BCUT2D eigenvalue weighted by Gasteiger charge is -2.14. The minimum absolute atomic E-state index is 0.403. The van der Waals surface area contributed by atoms with E-state index < -0.39 is 0 Å². The fourth-order valence-corrected chi connectivity index (χ4v) is 3.49. The second-order valence-corrected chi connectivity index (χ2v) is 6.48. The highest BCUT2D eigenvalue weighted by atomic mass is 79.9. The zero-order valence-electron chi connectivity index (χ0n) is 11.6. The van der Waals surface area contributed by atoms with Crippen LogP contribution in [-0.4, -0.2) is 9.97 Å². The minimum Gasteiger partial charge on any atom is -0.486 e. The van der Waals surface area contributed by atoms with Crippen LogP contribution in [0.2, 0.25) is 0 Å². The molecule has 0 radical (unpaired) electrons. The SMILES string of the molecule is S=c1nc(COc2ccccc2)[nH]c(C2CCCC2)c1Br. The Balaban J connectivity index is 1.80. The first kappa shape index (κ1) is 14.7. The molecule has 0 atom stereocenters. The fourth-order valence-electron chi connectivity index (χ4n) is 2.76. The van der Waals surface area contributed by atoms with Crippen molar-refractivity contribution in [3.8, 4) is 5.75 Å². The number of halogens is 1. The van der Waals surface area contributed by atoms with Crippen LogP contribution in [0.5, 0.6) is 5.75 Å². The van der Waals surface area contributed by atoms with Crippen molar-refractivity contribution in [2.45, 2.75) is 38.2 Å². The molecule has 0 spiro atoms. The van der Waals surface area contributed by atoms with Gasteiger partial charge in [0.25, 0.3) is 0 Å². The first-order valence-electron chi connectivity index (χ1n) is 7.20. The molecular formula is C16H17BrN2OS. The van der Waals surface area contributed by atoms with Crippen molar-refractivity contribution in [3.05, 3.63) is 51.0 Å². The molecule has 0 unspecified atom stereocenters. The molecule has 0 aliphatic heterocycles. The Bertz CT molecular complexity index is 666. The van der Waals surface area contributed by atoms with Crippen molar-refractivity contribution in [3.63, 3.8) is 0 Å². The summed E-state index contributed by atoms with van der Waals surface area (Å²) >= 11 is 8.94. The summed E-state index contributed by atoms with van der Waals surface area (Å²) in [6, 6.07) is 9.75. The van der Waals surface area contributed by atoms with Gasteiger partial charge in [-0.1, -0.05) is 43.3 Å². The Morgan fingerprint density at radius 3 is 2.67 bits per heavy atom. The van der Waals surface area contributed by atoms with Gasteiger partial charge < -0.3 is 9.72 Å². The summed E-state index contributed by atoms with van der Waals surface area (Å²) in [4.78, 5) is 7.82. The topological polar surface area (TPSA) is 37.9 Å². The molecule has 2 aromatic rings. The van der Waals surface area contributed by atoms with E-state index in [1.54, 1.807) is 0 Å². The largest absolute Gasteiger partial charge is 0.486 e. The maximum absolute atomic E-state index is 5.75. The number of hydrogen-bond donors (Lipinski definition) is 1. The van der Waals surface area contributed by atoms with E-state index >= 15 is 0 Å². The summed E-state index contributed by atoms with van der Waals surface area (Å²) in [6.07, 6.45) is 5.01. The molecule has 3 rings (SSSR count). The Morgan fingerprint density at radius 1 is 1.24 bits per heavy atom. The summed E-state index contributed by atoms with van der Waals surface area (Å²) < 4.78 is 7.30. The molecule has 3 nitrogen and oxygen atoms in total. The van der Waals surface area contributed by atoms with Gasteiger partial charge >= 0.3 is 0 Å². The number of aromatic nitrogens is 2. The van der Waals surface area contributed by atoms with E-state index in [0.29, 0.717) is 17.2 Å². The molecule has 5 heteroatoms. The standard InChI is InChI=1S/C16H17BrN2OS/c17-14-15(11-6-4-5-7-11)18-13(19-16(14)21)10-20-12-8-2-1-3-9-12/h1-3,8-9,11H,4-7,10H2,(H,18,19,21).